The molecule has 1 unspecified atom stereocenters. The van der Waals surface area contributed by atoms with Crippen LogP contribution in [0.3, 0.4) is 0 Å². The van der Waals surface area contributed by atoms with Gasteiger partial charge in [-0.1, -0.05) is 60.3 Å². The lowest BCUT2D eigenvalue weighted by Gasteiger charge is -2.13. The van der Waals surface area contributed by atoms with Crippen molar-refractivity contribution >= 4 is 26.4 Å². The molecular formula is C17H14S2. The standard InChI is InChI=1S/C17H14S2/c1-3-9-15(10-4-1)18-17-13-7-8-14-19(17)16-11-5-2-6-12-16/h1-14H. The van der Waals surface area contributed by atoms with Gasteiger partial charge in [0.1, 0.15) is 0 Å². The number of hydrogen-bond donors (Lipinski definition) is 0. The molecule has 1 heterocycles. The Morgan fingerprint density at radius 2 is 1.42 bits per heavy atom. The van der Waals surface area contributed by atoms with Crippen molar-refractivity contribution < 1.29 is 0 Å². The van der Waals surface area contributed by atoms with E-state index in [1.165, 1.54) is 14.0 Å². The van der Waals surface area contributed by atoms with Crippen molar-refractivity contribution in [3.8, 4) is 0 Å². The topological polar surface area (TPSA) is 0 Å². The number of allylic oxidation sites excluding steroid dienone is 2. The van der Waals surface area contributed by atoms with E-state index in [1.54, 1.807) is 0 Å². The van der Waals surface area contributed by atoms with E-state index in [-0.39, 0.29) is 10.5 Å². The molecule has 94 valence electrons. The van der Waals surface area contributed by atoms with E-state index in [1.807, 2.05) is 11.8 Å². The molecule has 0 fully saturated rings. The van der Waals surface area contributed by atoms with E-state index < -0.39 is 0 Å². The summed E-state index contributed by atoms with van der Waals surface area (Å²) in [5.41, 5.74) is 0. The van der Waals surface area contributed by atoms with Crippen LogP contribution in [0, 0.1) is 0 Å². The SMILES string of the molecule is C1=CC(Sc2ccccc2)=S(c2ccccc2)C=C1. The van der Waals surface area contributed by atoms with Gasteiger partial charge in [0.15, 0.2) is 0 Å². The van der Waals surface area contributed by atoms with Gasteiger partial charge < -0.3 is 0 Å². The quantitative estimate of drug-likeness (QED) is 0.672. The normalized spacial score (nSPS) is 17.7. The Hall–Kier alpha value is -1.51. The highest BCUT2D eigenvalue weighted by atomic mass is 32.2. The fraction of sp³-hybridized carbons (Fsp3) is 0. The van der Waals surface area contributed by atoms with E-state index in [2.05, 4.69) is 84.3 Å². The van der Waals surface area contributed by atoms with Crippen LogP contribution in [0.1, 0.15) is 0 Å². The Bertz CT molecular complexity index is 637. The minimum atomic E-state index is 0.0659. The Morgan fingerprint density at radius 3 is 2.16 bits per heavy atom. The van der Waals surface area contributed by atoms with Crippen LogP contribution in [0.2, 0.25) is 0 Å². The molecule has 2 aromatic rings. The summed E-state index contributed by atoms with van der Waals surface area (Å²) in [4.78, 5) is 2.67. The lowest BCUT2D eigenvalue weighted by atomic mass is 10.4. The summed E-state index contributed by atoms with van der Waals surface area (Å²) in [7, 11) is 0.0659. The van der Waals surface area contributed by atoms with Gasteiger partial charge in [0.2, 0.25) is 0 Å². The molecule has 1 atom stereocenters. The molecule has 0 aliphatic carbocycles. The van der Waals surface area contributed by atoms with Crippen molar-refractivity contribution in [2.75, 3.05) is 0 Å². The average Bonchev–Trinajstić information content (AvgIpc) is 2.50. The highest BCUT2D eigenvalue weighted by molar-refractivity contribution is 8.35. The predicted molar refractivity (Wildman–Crippen MR) is 87.9 cm³/mol. The van der Waals surface area contributed by atoms with Crippen molar-refractivity contribution in [3.05, 3.63) is 84.3 Å². The van der Waals surface area contributed by atoms with Crippen LogP contribution in [0.4, 0.5) is 0 Å². The molecule has 2 aromatic carbocycles. The summed E-state index contributed by atoms with van der Waals surface area (Å²) >= 11 is 1.86. The summed E-state index contributed by atoms with van der Waals surface area (Å²) in [5.74, 6) is 0. The molecule has 0 aromatic heterocycles. The van der Waals surface area contributed by atoms with Gasteiger partial charge in [0.05, 0.1) is 0 Å². The molecule has 0 bridgehead atoms. The number of rotatable bonds is 2. The maximum absolute atomic E-state index is 2.29. The molecular weight excluding hydrogens is 268 g/mol. The first-order valence-electron chi connectivity index (χ1n) is 6.16. The van der Waals surface area contributed by atoms with Crippen LogP contribution in [0.5, 0.6) is 0 Å². The van der Waals surface area contributed by atoms with E-state index in [0.29, 0.717) is 0 Å². The Balaban J connectivity index is 1.99. The minimum Gasteiger partial charge on any atom is -0.117 e. The van der Waals surface area contributed by atoms with E-state index >= 15 is 0 Å². The molecule has 19 heavy (non-hydrogen) atoms. The third-order valence-electron chi connectivity index (χ3n) is 2.73. The molecule has 0 saturated carbocycles. The summed E-state index contributed by atoms with van der Waals surface area (Å²) < 4.78 is 1.40. The summed E-state index contributed by atoms with van der Waals surface area (Å²) in [6, 6.07) is 21.3. The number of benzene rings is 2. The largest absolute Gasteiger partial charge is 0.117 e. The van der Waals surface area contributed by atoms with Gasteiger partial charge in [0, 0.05) is 14.0 Å². The fourth-order valence-electron chi connectivity index (χ4n) is 1.84. The summed E-state index contributed by atoms with van der Waals surface area (Å²) in [5, 5.41) is 2.29. The van der Waals surface area contributed by atoms with Gasteiger partial charge in [-0.3, -0.25) is 0 Å². The zero-order valence-electron chi connectivity index (χ0n) is 10.4. The molecule has 0 N–H and O–H groups in total. The lowest BCUT2D eigenvalue weighted by Crippen LogP contribution is -1.91. The van der Waals surface area contributed by atoms with Crippen LogP contribution >= 0.6 is 22.2 Å². The van der Waals surface area contributed by atoms with Gasteiger partial charge >= 0.3 is 0 Å². The first-order valence-corrected chi connectivity index (χ1v) is 8.27. The smallest absolute Gasteiger partial charge is 0.0440 e. The second-order valence-corrected chi connectivity index (χ2v) is 7.31. The third-order valence-corrected chi connectivity index (χ3v) is 6.15. The van der Waals surface area contributed by atoms with Crippen molar-refractivity contribution in [1.29, 1.82) is 0 Å². The average molecular weight is 282 g/mol. The van der Waals surface area contributed by atoms with Crippen molar-refractivity contribution in [2.45, 2.75) is 9.79 Å². The molecule has 2 heteroatoms. The highest BCUT2D eigenvalue weighted by Gasteiger charge is 2.07. The maximum Gasteiger partial charge on any atom is 0.0440 e. The Labute approximate surface area is 120 Å². The summed E-state index contributed by atoms with van der Waals surface area (Å²) in [6.07, 6.45) is 6.50. The van der Waals surface area contributed by atoms with Crippen LogP contribution in [-0.2, 0) is 0 Å². The van der Waals surface area contributed by atoms with E-state index in [9.17, 15) is 0 Å². The Kier molecular flexibility index (Phi) is 4.01. The summed E-state index contributed by atoms with van der Waals surface area (Å²) in [6.45, 7) is 0. The van der Waals surface area contributed by atoms with Crippen molar-refractivity contribution in [1.82, 2.24) is 0 Å². The molecule has 0 nitrogen and oxygen atoms in total. The van der Waals surface area contributed by atoms with Crippen LogP contribution in [0.15, 0.2) is 94.1 Å². The zero-order chi connectivity index (χ0) is 12.9. The first kappa shape index (κ1) is 12.5. The maximum atomic E-state index is 2.29. The molecule has 1 aliphatic heterocycles. The molecule has 1 aliphatic rings. The molecule has 3 rings (SSSR count). The van der Waals surface area contributed by atoms with Gasteiger partial charge in [-0.05, 0) is 35.7 Å². The molecule has 0 radical (unpaired) electrons. The highest BCUT2D eigenvalue weighted by Crippen LogP contribution is 2.37. The second-order valence-electron chi connectivity index (χ2n) is 4.07. The monoisotopic (exact) mass is 282 g/mol. The van der Waals surface area contributed by atoms with Gasteiger partial charge in [-0.25, -0.2) is 0 Å². The van der Waals surface area contributed by atoms with Crippen LogP contribution in [0.25, 0.3) is 0 Å². The van der Waals surface area contributed by atoms with Crippen molar-refractivity contribution in [3.63, 3.8) is 0 Å². The molecule has 0 saturated heterocycles. The van der Waals surface area contributed by atoms with E-state index in [4.69, 9.17) is 0 Å². The third kappa shape index (κ3) is 3.09. The van der Waals surface area contributed by atoms with E-state index in [0.717, 1.165) is 0 Å². The molecule has 0 spiro atoms. The Morgan fingerprint density at radius 1 is 0.737 bits per heavy atom. The van der Waals surface area contributed by atoms with Crippen LogP contribution in [-0.4, -0.2) is 4.20 Å². The van der Waals surface area contributed by atoms with Crippen LogP contribution < -0.4 is 0 Å². The minimum absolute atomic E-state index is 0.0659. The number of thioether (sulfide) groups is 1. The van der Waals surface area contributed by atoms with Crippen molar-refractivity contribution in [2.24, 2.45) is 0 Å². The van der Waals surface area contributed by atoms with Gasteiger partial charge in [-0.2, -0.15) is 0 Å². The predicted octanol–water partition coefficient (Wildman–Crippen LogP) is 5.32. The molecule has 0 amide bonds. The first-order chi connectivity index (χ1) is 9.43. The lowest BCUT2D eigenvalue weighted by molar-refractivity contribution is 1.47. The second kappa shape index (κ2) is 6.09. The van der Waals surface area contributed by atoms with Gasteiger partial charge in [0.25, 0.3) is 0 Å². The zero-order valence-corrected chi connectivity index (χ0v) is 12.0. The fourth-order valence-corrected chi connectivity index (χ4v) is 5.07. The van der Waals surface area contributed by atoms with Gasteiger partial charge in [-0.15, -0.1) is 10.5 Å². The number of hydrogen-bond acceptors (Lipinski definition) is 1.